The second kappa shape index (κ2) is 19.8. The minimum atomic E-state index is -0.370. The smallest absolute Gasteiger partial charge is 0.339 e. The largest absolute Gasteiger partial charge is 0.465 e. The molecule has 5 nitrogen and oxygen atoms in total. The van der Waals surface area contributed by atoms with Crippen LogP contribution in [0.4, 0.5) is 0 Å². The average Bonchev–Trinajstić information content (AvgIpc) is 2.75. The van der Waals surface area contributed by atoms with Crippen molar-refractivity contribution in [1.29, 1.82) is 0 Å². The highest BCUT2D eigenvalue weighted by atomic mass is 16.5. The molecule has 1 aliphatic rings. The van der Waals surface area contributed by atoms with E-state index in [1.807, 2.05) is 58.1 Å². The SMILES string of the molecule is CC.CC.COC(=O)C1=C/C=C/C(C)C\C=C\N=C\1.NCc1cccnc1. The van der Waals surface area contributed by atoms with Gasteiger partial charge in [0.25, 0.3) is 0 Å². The fourth-order valence-corrected chi connectivity index (χ4v) is 1.69. The van der Waals surface area contributed by atoms with Crippen LogP contribution in [0.5, 0.6) is 0 Å². The van der Waals surface area contributed by atoms with Crippen LogP contribution < -0.4 is 5.73 Å². The Morgan fingerprint density at radius 1 is 1.30 bits per heavy atom. The molecule has 0 saturated carbocycles. The summed E-state index contributed by atoms with van der Waals surface area (Å²) in [4.78, 5) is 19.2. The van der Waals surface area contributed by atoms with Crippen LogP contribution in [0.1, 0.15) is 46.6 Å². The number of carbonyl (C=O) groups excluding carboxylic acids is 1. The lowest BCUT2D eigenvalue weighted by Crippen LogP contribution is -2.05. The topological polar surface area (TPSA) is 77.6 Å². The third kappa shape index (κ3) is 14.3. The van der Waals surface area contributed by atoms with Gasteiger partial charge in [-0.3, -0.25) is 9.98 Å². The van der Waals surface area contributed by atoms with E-state index in [1.54, 1.807) is 24.7 Å². The molecule has 1 aliphatic heterocycles. The number of esters is 1. The lowest BCUT2D eigenvalue weighted by atomic mass is 10.1. The Bertz CT molecular complexity index is 591. The third-order valence-corrected chi connectivity index (χ3v) is 3.01. The van der Waals surface area contributed by atoms with E-state index < -0.39 is 0 Å². The summed E-state index contributed by atoms with van der Waals surface area (Å²) in [5.74, 6) is 0.0784. The fourth-order valence-electron chi connectivity index (χ4n) is 1.69. The van der Waals surface area contributed by atoms with Gasteiger partial charge in [-0.1, -0.05) is 58.9 Å². The number of aromatic nitrogens is 1. The van der Waals surface area contributed by atoms with Gasteiger partial charge in [-0.15, -0.1) is 0 Å². The predicted molar refractivity (Wildman–Crippen MR) is 115 cm³/mol. The average molecular weight is 374 g/mol. The van der Waals surface area contributed by atoms with E-state index in [-0.39, 0.29) is 5.97 Å². The Labute approximate surface area is 164 Å². The first-order chi connectivity index (χ1) is 13.2. The van der Waals surface area contributed by atoms with Crippen LogP contribution in [-0.2, 0) is 16.1 Å². The summed E-state index contributed by atoms with van der Waals surface area (Å²) in [5, 5.41) is 0. The standard InChI is InChI=1S/C12H15NO2.C6H8N2.2C2H6/c1-10-5-3-7-11(12(14)15-2)9-13-8-4-6-10;7-4-6-2-1-3-8-5-6;2*1-2/h3-5,7-10H,6H2,1-2H3;1-3,5H,4,7H2;2*1-2H3/b5-3+,8-4+,11-7+,13-9+;;;. The summed E-state index contributed by atoms with van der Waals surface area (Å²) in [7, 11) is 1.36. The van der Waals surface area contributed by atoms with Crippen molar-refractivity contribution in [3.05, 3.63) is 66.2 Å². The normalized spacial score (nSPS) is 20.3. The monoisotopic (exact) mass is 373 g/mol. The molecule has 1 aromatic heterocycles. The van der Waals surface area contributed by atoms with Gasteiger partial charge in [0.05, 0.1) is 12.7 Å². The van der Waals surface area contributed by atoms with Gasteiger partial charge in [0.1, 0.15) is 0 Å². The zero-order chi connectivity index (χ0) is 20.9. The summed E-state index contributed by atoms with van der Waals surface area (Å²) in [5.41, 5.74) is 6.84. The molecule has 0 radical (unpaired) electrons. The van der Waals surface area contributed by atoms with Crippen LogP contribution in [0.2, 0.25) is 0 Å². The van der Waals surface area contributed by atoms with Gasteiger partial charge in [0, 0.05) is 31.4 Å². The van der Waals surface area contributed by atoms with E-state index in [9.17, 15) is 4.79 Å². The van der Waals surface area contributed by atoms with Crippen LogP contribution in [0.25, 0.3) is 0 Å². The Kier molecular flexibility index (Phi) is 19.6. The molecule has 27 heavy (non-hydrogen) atoms. The van der Waals surface area contributed by atoms with Gasteiger partial charge >= 0.3 is 5.97 Å². The van der Waals surface area contributed by atoms with Crippen molar-refractivity contribution in [1.82, 2.24) is 4.98 Å². The molecule has 1 atom stereocenters. The van der Waals surface area contributed by atoms with E-state index >= 15 is 0 Å². The van der Waals surface area contributed by atoms with Crippen LogP contribution >= 0.6 is 0 Å². The van der Waals surface area contributed by atoms with Gasteiger partial charge < -0.3 is 10.5 Å². The zero-order valence-corrected chi connectivity index (χ0v) is 17.6. The van der Waals surface area contributed by atoms with E-state index in [2.05, 4.69) is 21.6 Å². The number of methoxy groups -OCH3 is 1. The highest BCUT2D eigenvalue weighted by molar-refractivity contribution is 6.09. The highest BCUT2D eigenvalue weighted by Gasteiger charge is 2.05. The van der Waals surface area contributed by atoms with Gasteiger partial charge in [-0.05, 0) is 30.0 Å². The van der Waals surface area contributed by atoms with Crippen molar-refractivity contribution in [2.75, 3.05) is 7.11 Å². The number of hydrogen-bond donors (Lipinski definition) is 1. The van der Waals surface area contributed by atoms with Gasteiger partial charge in [0.15, 0.2) is 0 Å². The zero-order valence-electron chi connectivity index (χ0n) is 17.6. The molecule has 0 spiro atoms. The molecule has 0 saturated heterocycles. The molecular formula is C22H35N3O2. The molecule has 2 rings (SSSR count). The summed E-state index contributed by atoms with van der Waals surface area (Å²) >= 11 is 0. The second-order valence-electron chi connectivity index (χ2n) is 4.94. The lowest BCUT2D eigenvalue weighted by molar-refractivity contribution is -0.135. The number of aliphatic imine (C=N–C) groups is 1. The Hall–Kier alpha value is -2.53. The lowest BCUT2D eigenvalue weighted by Gasteiger charge is -2.01. The number of hydrogen-bond acceptors (Lipinski definition) is 5. The maximum atomic E-state index is 11.3. The van der Waals surface area contributed by atoms with Crippen molar-refractivity contribution < 1.29 is 9.53 Å². The number of rotatable bonds is 2. The maximum Gasteiger partial charge on any atom is 0.339 e. The Morgan fingerprint density at radius 3 is 2.52 bits per heavy atom. The van der Waals surface area contributed by atoms with E-state index in [0.717, 1.165) is 12.0 Å². The molecule has 0 aromatic carbocycles. The second-order valence-corrected chi connectivity index (χ2v) is 4.94. The first-order valence-corrected chi connectivity index (χ1v) is 9.41. The Balaban J connectivity index is 0. The number of carbonyl (C=O) groups is 1. The molecule has 2 N–H and O–H groups in total. The van der Waals surface area contributed by atoms with Gasteiger partial charge in [-0.2, -0.15) is 0 Å². The summed E-state index contributed by atoms with van der Waals surface area (Å²) in [6, 6.07) is 3.83. The number of ether oxygens (including phenoxy) is 1. The van der Waals surface area contributed by atoms with Gasteiger partial charge in [-0.25, -0.2) is 4.79 Å². The van der Waals surface area contributed by atoms with E-state index in [4.69, 9.17) is 5.73 Å². The molecule has 150 valence electrons. The molecule has 2 heterocycles. The molecule has 0 bridgehead atoms. The number of nitrogens with zero attached hydrogens (tertiary/aromatic N) is 2. The quantitative estimate of drug-likeness (QED) is 0.751. The molecule has 0 aliphatic carbocycles. The van der Waals surface area contributed by atoms with Gasteiger partial charge in [0.2, 0.25) is 0 Å². The van der Waals surface area contributed by atoms with Crippen LogP contribution in [0, 0.1) is 5.92 Å². The summed E-state index contributed by atoms with van der Waals surface area (Å²) < 4.78 is 4.63. The molecule has 5 heteroatoms. The van der Waals surface area contributed by atoms with Crippen LogP contribution in [0.3, 0.4) is 0 Å². The molecule has 1 aromatic rings. The van der Waals surface area contributed by atoms with Crippen LogP contribution in [-0.4, -0.2) is 24.3 Å². The van der Waals surface area contributed by atoms with Crippen molar-refractivity contribution in [3.8, 4) is 0 Å². The van der Waals surface area contributed by atoms with Crippen molar-refractivity contribution in [2.45, 2.75) is 47.6 Å². The number of nitrogens with two attached hydrogens (primary N) is 1. The Morgan fingerprint density at radius 2 is 2.00 bits per heavy atom. The molecule has 0 amide bonds. The van der Waals surface area contributed by atoms with Crippen molar-refractivity contribution >= 4 is 12.2 Å². The number of pyridine rings is 1. The highest BCUT2D eigenvalue weighted by Crippen LogP contribution is 2.07. The molecule has 0 fully saturated rings. The summed E-state index contributed by atoms with van der Waals surface area (Å²) in [6.07, 6.45) is 15.3. The van der Waals surface area contributed by atoms with E-state index in [0.29, 0.717) is 18.0 Å². The van der Waals surface area contributed by atoms with Crippen molar-refractivity contribution in [2.24, 2.45) is 16.6 Å². The number of allylic oxidation sites excluding steroid dienone is 4. The van der Waals surface area contributed by atoms with Crippen LogP contribution in [0.15, 0.2) is 65.6 Å². The third-order valence-electron chi connectivity index (χ3n) is 3.01. The first kappa shape index (κ1) is 26.7. The van der Waals surface area contributed by atoms with Crippen molar-refractivity contribution in [3.63, 3.8) is 0 Å². The van der Waals surface area contributed by atoms with E-state index in [1.165, 1.54) is 13.3 Å². The molecular weight excluding hydrogens is 338 g/mol. The fraction of sp³-hybridized carbons (Fsp3) is 0.409. The minimum Gasteiger partial charge on any atom is -0.465 e. The summed E-state index contributed by atoms with van der Waals surface area (Å²) in [6.45, 7) is 10.7. The maximum absolute atomic E-state index is 11.3. The first-order valence-electron chi connectivity index (χ1n) is 9.41. The predicted octanol–water partition coefficient (Wildman–Crippen LogP) is 4.86. The molecule has 1 unspecified atom stereocenters. The minimum absolute atomic E-state index is 0.370.